The highest BCUT2D eigenvalue weighted by atomic mass is 79.9. The third kappa shape index (κ3) is 3.43. The van der Waals surface area contributed by atoms with Gasteiger partial charge in [-0.25, -0.2) is 0 Å². The van der Waals surface area contributed by atoms with Gasteiger partial charge in [0.25, 0.3) is 5.91 Å². The van der Waals surface area contributed by atoms with Crippen LogP contribution in [0, 0.1) is 0 Å². The average Bonchev–Trinajstić information content (AvgIpc) is 2.91. The van der Waals surface area contributed by atoms with Crippen LogP contribution in [0.1, 0.15) is 22.8 Å². The third-order valence-corrected chi connectivity index (χ3v) is 4.23. The molecule has 1 aromatic heterocycles. The van der Waals surface area contributed by atoms with Crippen molar-refractivity contribution in [2.75, 3.05) is 6.54 Å². The van der Waals surface area contributed by atoms with Gasteiger partial charge in [0.05, 0.1) is 12.1 Å². The molecule has 1 amide bonds. The zero-order chi connectivity index (χ0) is 13.9. The molecule has 19 heavy (non-hydrogen) atoms. The highest BCUT2D eigenvalue weighted by Gasteiger charge is 2.24. The van der Waals surface area contributed by atoms with E-state index in [1.54, 1.807) is 19.1 Å². The molecule has 0 aliphatic heterocycles. The van der Waals surface area contributed by atoms with Gasteiger partial charge in [-0.15, -0.1) is 0 Å². The summed E-state index contributed by atoms with van der Waals surface area (Å²) in [6.07, 6.45) is 0. The number of aliphatic hydroxyl groups is 1. The number of carbonyl (C=O) groups excluding carboxylic acids is 1. The molecule has 2 N–H and O–H groups in total. The van der Waals surface area contributed by atoms with E-state index in [0.717, 1.165) is 10.0 Å². The number of thiophene rings is 1. The van der Waals surface area contributed by atoms with Crippen LogP contribution in [0.3, 0.4) is 0 Å². The van der Waals surface area contributed by atoms with Crippen molar-refractivity contribution < 1.29 is 9.90 Å². The monoisotopic (exact) mass is 339 g/mol. The highest BCUT2D eigenvalue weighted by Crippen LogP contribution is 2.22. The summed E-state index contributed by atoms with van der Waals surface area (Å²) in [6.45, 7) is 1.86. The molecular formula is C14H14BrNO2S. The third-order valence-electron chi connectivity index (χ3n) is 2.85. The van der Waals surface area contributed by atoms with Gasteiger partial charge in [-0.05, 0) is 57.4 Å². The van der Waals surface area contributed by atoms with Crippen LogP contribution in [0.15, 0.2) is 45.6 Å². The first-order chi connectivity index (χ1) is 9.00. The molecule has 3 nitrogen and oxygen atoms in total. The van der Waals surface area contributed by atoms with Gasteiger partial charge in [-0.3, -0.25) is 4.79 Å². The topological polar surface area (TPSA) is 49.3 Å². The Hall–Kier alpha value is -1.17. The number of benzene rings is 1. The van der Waals surface area contributed by atoms with Crippen LogP contribution in [0.4, 0.5) is 0 Å². The molecule has 0 spiro atoms. The number of halogens is 1. The van der Waals surface area contributed by atoms with Gasteiger partial charge in [-0.2, -0.15) is 11.3 Å². The second-order valence-corrected chi connectivity index (χ2v) is 6.08. The van der Waals surface area contributed by atoms with Gasteiger partial charge in [0.2, 0.25) is 0 Å². The fraction of sp³-hybridized carbons (Fsp3) is 0.214. The van der Waals surface area contributed by atoms with Gasteiger partial charge in [0.1, 0.15) is 5.60 Å². The van der Waals surface area contributed by atoms with E-state index >= 15 is 0 Å². The minimum Gasteiger partial charge on any atom is -0.384 e. The highest BCUT2D eigenvalue weighted by molar-refractivity contribution is 9.10. The molecule has 0 fully saturated rings. The average molecular weight is 340 g/mol. The molecule has 1 unspecified atom stereocenters. The molecule has 2 rings (SSSR count). The van der Waals surface area contributed by atoms with Gasteiger partial charge in [0.15, 0.2) is 0 Å². The Morgan fingerprint density at radius 1 is 1.42 bits per heavy atom. The number of carbonyl (C=O) groups is 1. The summed E-state index contributed by atoms with van der Waals surface area (Å²) in [7, 11) is 0. The molecule has 2 aromatic rings. The van der Waals surface area contributed by atoms with Crippen molar-refractivity contribution in [1.29, 1.82) is 0 Å². The predicted molar refractivity (Wildman–Crippen MR) is 80.4 cm³/mol. The van der Waals surface area contributed by atoms with Crippen molar-refractivity contribution in [3.05, 3.63) is 56.7 Å². The Morgan fingerprint density at radius 2 is 2.16 bits per heavy atom. The summed E-state index contributed by atoms with van der Waals surface area (Å²) in [5.41, 5.74) is 0.310. The van der Waals surface area contributed by atoms with Crippen molar-refractivity contribution in [2.45, 2.75) is 12.5 Å². The summed E-state index contributed by atoms with van der Waals surface area (Å²) < 4.78 is 0.739. The maximum atomic E-state index is 12.0. The Kier molecular flexibility index (Phi) is 4.39. The molecule has 1 atom stereocenters. The number of amides is 1. The molecule has 1 aromatic carbocycles. The molecule has 0 bridgehead atoms. The Balaban J connectivity index is 2.03. The lowest BCUT2D eigenvalue weighted by molar-refractivity contribution is 0.0530. The van der Waals surface area contributed by atoms with E-state index in [9.17, 15) is 9.90 Å². The van der Waals surface area contributed by atoms with E-state index in [0.29, 0.717) is 5.56 Å². The van der Waals surface area contributed by atoms with Crippen LogP contribution in [-0.4, -0.2) is 17.6 Å². The molecule has 0 aliphatic rings. The Bertz CT molecular complexity index is 567. The maximum Gasteiger partial charge on any atom is 0.252 e. The second-order valence-electron chi connectivity index (χ2n) is 4.45. The normalized spacial score (nSPS) is 13.8. The Morgan fingerprint density at radius 3 is 2.79 bits per heavy atom. The van der Waals surface area contributed by atoms with Crippen molar-refractivity contribution in [1.82, 2.24) is 5.32 Å². The number of nitrogens with one attached hydrogen (secondary N) is 1. The quantitative estimate of drug-likeness (QED) is 0.898. The van der Waals surface area contributed by atoms with Crippen LogP contribution in [-0.2, 0) is 5.60 Å². The molecule has 0 aliphatic carbocycles. The van der Waals surface area contributed by atoms with Crippen molar-refractivity contribution in [2.24, 2.45) is 0 Å². The molecule has 0 saturated carbocycles. The van der Waals surface area contributed by atoms with Gasteiger partial charge >= 0.3 is 0 Å². The van der Waals surface area contributed by atoms with Crippen LogP contribution in [0.2, 0.25) is 0 Å². The fourth-order valence-corrected chi connectivity index (χ4v) is 2.91. The Labute approximate surface area is 124 Å². The summed E-state index contributed by atoms with van der Waals surface area (Å²) in [6, 6.07) is 9.05. The van der Waals surface area contributed by atoms with Crippen molar-refractivity contribution >= 4 is 33.2 Å². The smallest absolute Gasteiger partial charge is 0.252 e. The van der Waals surface area contributed by atoms with Crippen LogP contribution in [0.25, 0.3) is 0 Å². The molecule has 5 heteroatoms. The van der Waals surface area contributed by atoms with Gasteiger partial charge in [0, 0.05) is 4.47 Å². The standard InChI is InChI=1S/C14H14BrNO2S/c1-14(18,10-6-7-19-8-10)9-16-13(17)11-4-2-3-5-12(11)15/h2-8,18H,9H2,1H3,(H,16,17). The lowest BCUT2D eigenvalue weighted by Crippen LogP contribution is -2.38. The van der Waals surface area contributed by atoms with Gasteiger partial charge < -0.3 is 10.4 Å². The van der Waals surface area contributed by atoms with Crippen molar-refractivity contribution in [3.8, 4) is 0 Å². The molecular weight excluding hydrogens is 326 g/mol. The zero-order valence-corrected chi connectivity index (χ0v) is 12.8. The summed E-state index contributed by atoms with van der Waals surface area (Å²) in [5.74, 6) is -0.206. The maximum absolute atomic E-state index is 12.0. The molecule has 0 saturated heterocycles. The minimum atomic E-state index is -1.06. The van der Waals surface area contributed by atoms with E-state index in [4.69, 9.17) is 0 Å². The summed E-state index contributed by atoms with van der Waals surface area (Å²) in [4.78, 5) is 12.0. The first-order valence-electron chi connectivity index (χ1n) is 5.78. The van der Waals surface area contributed by atoms with E-state index < -0.39 is 5.60 Å². The molecule has 0 radical (unpaired) electrons. The number of hydrogen-bond acceptors (Lipinski definition) is 3. The van der Waals surface area contributed by atoms with Gasteiger partial charge in [-0.1, -0.05) is 12.1 Å². The predicted octanol–water partition coefficient (Wildman–Crippen LogP) is 3.15. The van der Waals surface area contributed by atoms with E-state index in [2.05, 4.69) is 21.2 Å². The summed E-state index contributed by atoms with van der Waals surface area (Å²) >= 11 is 4.85. The van der Waals surface area contributed by atoms with Crippen LogP contribution >= 0.6 is 27.3 Å². The van der Waals surface area contributed by atoms with E-state index in [-0.39, 0.29) is 12.5 Å². The van der Waals surface area contributed by atoms with Crippen molar-refractivity contribution in [3.63, 3.8) is 0 Å². The minimum absolute atomic E-state index is 0.171. The molecule has 1 heterocycles. The first-order valence-corrected chi connectivity index (χ1v) is 7.52. The lowest BCUT2D eigenvalue weighted by Gasteiger charge is -2.22. The fourth-order valence-electron chi connectivity index (χ4n) is 1.67. The first kappa shape index (κ1) is 14.2. The lowest BCUT2D eigenvalue weighted by atomic mass is 9.99. The molecule has 100 valence electrons. The van der Waals surface area contributed by atoms with Crippen LogP contribution in [0.5, 0.6) is 0 Å². The van der Waals surface area contributed by atoms with E-state index in [1.807, 2.05) is 29.0 Å². The largest absolute Gasteiger partial charge is 0.384 e. The van der Waals surface area contributed by atoms with Crippen LogP contribution < -0.4 is 5.32 Å². The second kappa shape index (κ2) is 5.86. The zero-order valence-electron chi connectivity index (χ0n) is 10.4. The van der Waals surface area contributed by atoms with E-state index in [1.165, 1.54) is 11.3 Å². The number of hydrogen-bond donors (Lipinski definition) is 2. The summed E-state index contributed by atoms with van der Waals surface area (Å²) in [5, 5.41) is 16.9. The SMILES string of the molecule is CC(O)(CNC(=O)c1ccccc1Br)c1ccsc1. The number of rotatable bonds is 4.